The van der Waals surface area contributed by atoms with Crippen LogP contribution in [0.2, 0.25) is 5.02 Å². The highest BCUT2D eigenvalue weighted by molar-refractivity contribution is 6.31. The van der Waals surface area contributed by atoms with Gasteiger partial charge in [0, 0.05) is 12.7 Å². The van der Waals surface area contributed by atoms with E-state index in [-0.39, 0.29) is 6.04 Å². The molecule has 0 spiro atoms. The van der Waals surface area contributed by atoms with Gasteiger partial charge in [-0.1, -0.05) is 17.7 Å². The molecule has 102 valence electrons. The van der Waals surface area contributed by atoms with Gasteiger partial charge in [-0.05, 0) is 26.2 Å². The Labute approximate surface area is 118 Å². The van der Waals surface area contributed by atoms with E-state index in [1.165, 1.54) is 0 Å². The first-order valence-corrected chi connectivity index (χ1v) is 6.50. The Hall–Kier alpha value is -1.43. The Balaban J connectivity index is 2.26. The molecule has 0 aromatic carbocycles. The van der Waals surface area contributed by atoms with Crippen molar-refractivity contribution in [3.8, 4) is 0 Å². The van der Waals surface area contributed by atoms with Crippen LogP contribution in [0.3, 0.4) is 0 Å². The second-order valence-electron chi connectivity index (χ2n) is 4.64. The fourth-order valence-electron chi connectivity index (χ4n) is 1.85. The van der Waals surface area contributed by atoms with E-state index in [9.17, 15) is 0 Å². The average Bonchev–Trinajstić information content (AvgIpc) is 2.78. The van der Waals surface area contributed by atoms with E-state index >= 15 is 0 Å². The maximum atomic E-state index is 6.25. The van der Waals surface area contributed by atoms with Crippen LogP contribution in [0.4, 0.5) is 0 Å². The molecule has 5 nitrogen and oxygen atoms in total. The van der Waals surface area contributed by atoms with E-state index in [1.807, 2.05) is 37.0 Å². The number of halogens is 1. The van der Waals surface area contributed by atoms with Gasteiger partial charge in [-0.15, -0.1) is 0 Å². The number of nitrogens with zero attached hydrogens (tertiary/aromatic N) is 4. The van der Waals surface area contributed by atoms with E-state index in [1.54, 1.807) is 12.4 Å². The summed E-state index contributed by atoms with van der Waals surface area (Å²) < 4.78 is 1.85. The van der Waals surface area contributed by atoms with Gasteiger partial charge in [-0.25, -0.2) is 0 Å². The zero-order valence-electron chi connectivity index (χ0n) is 11.1. The van der Waals surface area contributed by atoms with Crippen LogP contribution in [0.5, 0.6) is 0 Å². The molecule has 0 aliphatic carbocycles. The number of hydrogen-bond donors (Lipinski definition) is 1. The van der Waals surface area contributed by atoms with Gasteiger partial charge in [-0.2, -0.15) is 5.10 Å². The predicted molar refractivity (Wildman–Crippen MR) is 76.1 cm³/mol. The lowest BCUT2D eigenvalue weighted by Gasteiger charge is -2.16. The zero-order valence-corrected chi connectivity index (χ0v) is 11.9. The molecule has 19 heavy (non-hydrogen) atoms. The number of likely N-dealkylation sites (N-methyl/N-ethyl adjacent to an activating group) is 1. The van der Waals surface area contributed by atoms with Crippen molar-refractivity contribution in [2.75, 3.05) is 20.6 Å². The van der Waals surface area contributed by atoms with Crippen LogP contribution in [0.25, 0.3) is 0 Å². The van der Waals surface area contributed by atoms with E-state index < -0.39 is 0 Å². The second kappa shape index (κ2) is 6.14. The van der Waals surface area contributed by atoms with Crippen LogP contribution >= 0.6 is 11.6 Å². The summed E-state index contributed by atoms with van der Waals surface area (Å²) in [4.78, 5) is 6.37. The Kier molecular flexibility index (Phi) is 4.52. The van der Waals surface area contributed by atoms with Crippen molar-refractivity contribution in [3.63, 3.8) is 0 Å². The van der Waals surface area contributed by atoms with Crippen molar-refractivity contribution in [3.05, 3.63) is 47.0 Å². The highest BCUT2D eigenvalue weighted by Gasteiger charge is 2.19. The van der Waals surface area contributed by atoms with E-state index in [4.69, 9.17) is 17.3 Å². The topological polar surface area (TPSA) is 60.0 Å². The summed E-state index contributed by atoms with van der Waals surface area (Å²) in [6.45, 7) is 1.62. The molecule has 0 aliphatic rings. The molecule has 6 heteroatoms. The van der Waals surface area contributed by atoms with Gasteiger partial charge in [0.2, 0.25) is 0 Å². The fraction of sp³-hybridized carbons (Fsp3) is 0.385. The quantitative estimate of drug-likeness (QED) is 0.902. The number of rotatable bonds is 5. The Morgan fingerprint density at radius 2 is 2.21 bits per heavy atom. The number of pyridine rings is 1. The number of nitrogens with two attached hydrogens (primary N) is 1. The number of aromatic nitrogens is 3. The highest BCUT2D eigenvalue weighted by Crippen LogP contribution is 2.25. The Bertz CT molecular complexity index is 523. The lowest BCUT2D eigenvalue weighted by atomic mass is 10.1. The van der Waals surface area contributed by atoms with Gasteiger partial charge < -0.3 is 10.6 Å². The third kappa shape index (κ3) is 3.32. The minimum absolute atomic E-state index is 0.363. The van der Waals surface area contributed by atoms with Crippen LogP contribution < -0.4 is 5.73 Å². The van der Waals surface area contributed by atoms with Crippen molar-refractivity contribution in [2.24, 2.45) is 5.73 Å². The normalized spacial score (nSPS) is 12.9. The molecule has 0 fully saturated rings. The van der Waals surface area contributed by atoms with E-state index in [0.29, 0.717) is 5.02 Å². The standard InChI is InChI=1S/C13H18ClN5/c1-18(2)7-8-19-13(10(14)9-17-19)12(15)11-5-3-4-6-16-11/h3-6,9,12H,7-8,15H2,1-2H3. The van der Waals surface area contributed by atoms with Crippen LogP contribution in [0.1, 0.15) is 17.4 Å². The van der Waals surface area contributed by atoms with Crippen LogP contribution in [-0.2, 0) is 6.54 Å². The first kappa shape index (κ1) is 14.0. The largest absolute Gasteiger partial charge is 0.318 e. The molecule has 0 amide bonds. The molecule has 2 N–H and O–H groups in total. The lowest BCUT2D eigenvalue weighted by molar-refractivity contribution is 0.368. The first-order valence-electron chi connectivity index (χ1n) is 6.12. The molecule has 0 aliphatic heterocycles. The van der Waals surface area contributed by atoms with Crippen LogP contribution in [0, 0.1) is 0 Å². The van der Waals surface area contributed by atoms with Gasteiger partial charge in [0.25, 0.3) is 0 Å². The van der Waals surface area contributed by atoms with Crippen LogP contribution in [-0.4, -0.2) is 40.3 Å². The molecule has 2 aromatic heterocycles. The molecule has 0 bridgehead atoms. The highest BCUT2D eigenvalue weighted by atomic mass is 35.5. The second-order valence-corrected chi connectivity index (χ2v) is 5.04. The first-order chi connectivity index (χ1) is 9.09. The van der Waals surface area contributed by atoms with Crippen molar-refractivity contribution in [2.45, 2.75) is 12.6 Å². The summed E-state index contributed by atoms with van der Waals surface area (Å²) in [7, 11) is 4.03. The van der Waals surface area contributed by atoms with Gasteiger partial charge in [0.1, 0.15) is 0 Å². The molecule has 0 saturated carbocycles. The maximum Gasteiger partial charge on any atom is 0.0912 e. The molecular formula is C13H18ClN5. The third-order valence-electron chi connectivity index (χ3n) is 2.89. The molecule has 1 unspecified atom stereocenters. The monoisotopic (exact) mass is 279 g/mol. The molecule has 0 saturated heterocycles. The Morgan fingerprint density at radius 1 is 1.42 bits per heavy atom. The van der Waals surface area contributed by atoms with Crippen molar-refractivity contribution in [1.82, 2.24) is 19.7 Å². The summed E-state index contributed by atoms with van der Waals surface area (Å²) in [5.74, 6) is 0. The lowest BCUT2D eigenvalue weighted by Crippen LogP contribution is -2.24. The third-order valence-corrected chi connectivity index (χ3v) is 3.18. The average molecular weight is 280 g/mol. The summed E-state index contributed by atoms with van der Waals surface area (Å²) in [5.41, 5.74) is 7.84. The smallest absolute Gasteiger partial charge is 0.0912 e. The summed E-state index contributed by atoms with van der Waals surface area (Å²) >= 11 is 6.20. The van der Waals surface area contributed by atoms with E-state index in [0.717, 1.165) is 24.5 Å². The van der Waals surface area contributed by atoms with Gasteiger partial charge in [0.05, 0.1) is 35.2 Å². The summed E-state index contributed by atoms with van der Waals surface area (Å²) in [6, 6.07) is 5.31. The van der Waals surface area contributed by atoms with E-state index in [2.05, 4.69) is 15.0 Å². The van der Waals surface area contributed by atoms with Crippen molar-refractivity contribution < 1.29 is 0 Å². The molecule has 1 atom stereocenters. The summed E-state index contributed by atoms with van der Waals surface area (Å²) in [5, 5.41) is 4.87. The predicted octanol–water partition coefficient (Wildman–Crippen LogP) is 1.54. The maximum absolute atomic E-state index is 6.25. The van der Waals surface area contributed by atoms with Gasteiger partial charge in [-0.3, -0.25) is 9.67 Å². The fourth-order valence-corrected chi connectivity index (χ4v) is 2.11. The minimum Gasteiger partial charge on any atom is -0.318 e. The molecular weight excluding hydrogens is 262 g/mol. The Morgan fingerprint density at radius 3 is 2.84 bits per heavy atom. The SMILES string of the molecule is CN(C)CCn1ncc(Cl)c1C(N)c1ccccn1. The molecule has 2 heterocycles. The minimum atomic E-state index is -0.363. The zero-order chi connectivity index (χ0) is 13.8. The van der Waals surface area contributed by atoms with Gasteiger partial charge >= 0.3 is 0 Å². The summed E-state index contributed by atoms with van der Waals surface area (Å²) in [6.07, 6.45) is 3.36. The van der Waals surface area contributed by atoms with Gasteiger partial charge in [0.15, 0.2) is 0 Å². The molecule has 0 radical (unpaired) electrons. The molecule has 2 aromatic rings. The number of hydrogen-bond acceptors (Lipinski definition) is 4. The van der Waals surface area contributed by atoms with Crippen molar-refractivity contribution in [1.29, 1.82) is 0 Å². The van der Waals surface area contributed by atoms with Crippen molar-refractivity contribution >= 4 is 11.6 Å². The molecule has 2 rings (SSSR count). The van der Waals surface area contributed by atoms with Crippen LogP contribution in [0.15, 0.2) is 30.6 Å².